The van der Waals surface area contributed by atoms with Gasteiger partial charge in [0.25, 0.3) is 0 Å². The number of benzene rings is 1. The number of aryl methyl sites for hydroxylation is 1. The zero-order chi connectivity index (χ0) is 15.4. The van der Waals surface area contributed by atoms with Crippen molar-refractivity contribution in [1.82, 2.24) is 25.0 Å². The molecule has 1 atom stereocenters. The third-order valence-corrected chi connectivity index (χ3v) is 4.18. The molecule has 0 saturated carbocycles. The first kappa shape index (κ1) is 14.6. The lowest BCUT2D eigenvalue weighted by atomic mass is 9.99. The van der Waals surface area contributed by atoms with Crippen LogP contribution in [0, 0.1) is 0 Å². The number of nitrogens with one attached hydrogen (secondary N) is 1. The van der Waals surface area contributed by atoms with Gasteiger partial charge in [-0.05, 0) is 12.0 Å². The van der Waals surface area contributed by atoms with Crippen LogP contribution in [-0.4, -0.2) is 45.8 Å². The van der Waals surface area contributed by atoms with Gasteiger partial charge in [-0.3, -0.25) is 9.67 Å². The van der Waals surface area contributed by atoms with Crippen LogP contribution < -0.4 is 5.32 Å². The summed E-state index contributed by atoms with van der Waals surface area (Å²) >= 11 is 0. The van der Waals surface area contributed by atoms with Gasteiger partial charge < -0.3 is 10.2 Å². The molecule has 0 radical (unpaired) electrons. The van der Waals surface area contributed by atoms with Crippen molar-refractivity contribution in [1.29, 1.82) is 0 Å². The summed E-state index contributed by atoms with van der Waals surface area (Å²) in [5.41, 5.74) is 1.41. The first-order valence-electron chi connectivity index (χ1n) is 7.61. The Hall–Kier alpha value is -2.37. The predicted molar refractivity (Wildman–Crippen MR) is 86.6 cm³/mol. The standard InChI is InChI=1S/C16H22N6/c1-17-16(18-10-15-19-12-20-21(15)2)22-9-8-14(11-22)13-6-4-3-5-7-13/h3-7,12,14H,8-11H2,1-2H3,(H,17,18). The van der Waals surface area contributed by atoms with E-state index in [-0.39, 0.29) is 0 Å². The maximum absolute atomic E-state index is 4.40. The highest BCUT2D eigenvalue weighted by Crippen LogP contribution is 2.26. The van der Waals surface area contributed by atoms with Crippen molar-refractivity contribution in [2.45, 2.75) is 18.9 Å². The molecule has 1 fully saturated rings. The number of guanidine groups is 1. The molecule has 1 aliphatic rings. The molecule has 3 rings (SSSR count). The van der Waals surface area contributed by atoms with Crippen molar-refractivity contribution in [2.75, 3.05) is 20.1 Å². The van der Waals surface area contributed by atoms with E-state index in [4.69, 9.17) is 0 Å². The van der Waals surface area contributed by atoms with E-state index in [0.29, 0.717) is 12.5 Å². The number of hydrogen-bond acceptors (Lipinski definition) is 3. The predicted octanol–water partition coefficient (Wildman–Crippen LogP) is 1.38. The van der Waals surface area contributed by atoms with Crippen LogP contribution in [0.5, 0.6) is 0 Å². The highest BCUT2D eigenvalue weighted by Gasteiger charge is 2.25. The maximum Gasteiger partial charge on any atom is 0.194 e. The smallest absolute Gasteiger partial charge is 0.194 e. The van der Waals surface area contributed by atoms with E-state index in [1.807, 2.05) is 14.1 Å². The minimum absolute atomic E-state index is 0.578. The number of hydrogen-bond donors (Lipinski definition) is 1. The molecular formula is C16H22N6. The van der Waals surface area contributed by atoms with E-state index in [2.05, 4.69) is 55.6 Å². The summed E-state index contributed by atoms with van der Waals surface area (Å²) in [7, 11) is 3.73. The summed E-state index contributed by atoms with van der Waals surface area (Å²) < 4.78 is 1.77. The van der Waals surface area contributed by atoms with E-state index >= 15 is 0 Å². The molecule has 0 aliphatic carbocycles. The largest absolute Gasteiger partial charge is 0.349 e. The molecule has 1 aromatic carbocycles. The molecule has 1 saturated heterocycles. The van der Waals surface area contributed by atoms with Crippen molar-refractivity contribution in [3.63, 3.8) is 0 Å². The average molecular weight is 298 g/mol. The number of aromatic nitrogens is 3. The summed E-state index contributed by atoms with van der Waals surface area (Å²) in [6.45, 7) is 2.66. The lowest BCUT2D eigenvalue weighted by Gasteiger charge is -2.21. The van der Waals surface area contributed by atoms with Gasteiger partial charge in [-0.15, -0.1) is 0 Å². The number of aliphatic imine (C=N–C) groups is 1. The molecule has 6 nitrogen and oxygen atoms in total. The van der Waals surface area contributed by atoms with Gasteiger partial charge in [-0.1, -0.05) is 30.3 Å². The Morgan fingerprint density at radius 2 is 2.18 bits per heavy atom. The summed E-state index contributed by atoms with van der Waals surface area (Å²) in [6.07, 6.45) is 2.73. The number of rotatable bonds is 3. The Balaban J connectivity index is 1.60. The fourth-order valence-corrected chi connectivity index (χ4v) is 2.92. The molecule has 6 heteroatoms. The van der Waals surface area contributed by atoms with Crippen LogP contribution in [0.2, 0.25) is 0 Å². The van der Waals surface area contributed by atoms with Crippen molar-refractivity contribution < 1.29 is 0 Å². The quantitative estimate of drug-likeness (QED) is 0.687. The fourth-order valence-electron chi connectivity index (χ4n) is 2.92. The third-order valence-electron chi connectivity index (χ3n) is 4.18. The molecule has 2 heterocycles. The van der Waals surface area contributed by atoms with Gasteiger partial charge in [0.15, 0.2) is 5.96 Å². The SMILES string of the molecule is CN=C(NCc1ncnn1C)N1CCC(c2ccccc2)C1. The normalized spacial score (nSPS) is 18.7. The second-order valence-electron chi connectivity index (χ2n) is 5.54. The van der Waals surface area contributed by atoms with Gasteiger partial charge in [0.2, 0.25) is 0 Å². The van der Waals surface area contributed by atoms with Gasteiger partial charge in [0, 0.05) is 33.1 Å². The van der Waals surface area contributed by atoms with Crippen molar-refractivity contribution in [2.24, 2.45) is 12.0 Å². The molecule has 22 heavy (non-hydrogen) atoms. The van der Waals surface area contributed by atoms with Crippen LogP contribution in [0.25, 0.3) is 0 Å². The van der Waals surface area contributed by atoms with Gasteiger partial charge in [0.05, 0.1) is 6.54 Å². The van der Waals surface area contributed by atoms with Crippen molar-refractivity contribution >= 4 is 5.96 Å². The van der Waals surface area contributed by atoms with Crippen LogP contribution in [0.3, 0.4) is 0 Å². The number of likely N-dealkylation sites (tertiary alicyclic amines) is 1. The van der Waals surface area contributed by atoms with Crippen LogP contribution >= 0.6 is 0 Å². The molecule has 1 N–H and O–H groups in total. The Kier molecular flexibility index (Phi) is 4.37. The van der Waals surface area contributed by atoms with Gasteiger partial charge in [-0.2, -0.15) is 5.10 Å². The first-order chi connectivity index (χ1) is 10.8. The molecule has 0 bridgehead atoms. The van der Waals surface area contributed by atoms with Crippen LogP contribution in [0.4, 0.5) is 0 Å². The van der Waals surface area contributed by atoms with Gasteiger partial charge >= 0.3 is 0 Å². The van der Waals surface area contributed by atoms with Crippen molar-refractivity contribution in [3.05, 3.63) is 48.0 Å². The average Bonchev–Trinajstić information content (AvgIpc) is 3.19. The Morgan fingerprint density at radius 3 is 2.86 bits per heavy atom. The topological polar surface area (TPSA) is 58.3 Å². The molecule has 116 valence electrons. The highest BCUT2D eigenvalue weighted by molar-refractivity contribution is 5.80. The summed E-state index contributed by atoms with van der Waals surface area (Å²) in [6, 6.07) is 10.7. The third kappa shape index (κ3) is 3.10. The summed E-state index contributed by atoms with van der Waals surface area (Å²) in [5.74, 6) is 2.41. The van der Waals surface area contributed by atoms with E-state index in [1.54, 1.807) is 11.0 Å². The van der Waals surface area contributed by atoms with E-state index < -0.39 is 0 Å². The number of nitrogens with zero attached hydrogens (tertiary/aromatic N) is 5. The minimum Gasteiger partial charge on any atom is -0.349 e. The molecular weight excluding hydrogens is 276 g/mol. The lowest BCUT2D eigenvalue weighted by Crippen LogP contribution is -2.40. The summed E-state index contributed by atoms with van der Waals surface area (Å²) in [4.78, 5) is 10.9. The second-order valence-corrected chi connectivity index (χ2v) is 5.54. The first-order valence-corrected chi connectivity index (χ1v) is 7.61. The molecule has 2 aromatic rings. The van der Waals surface area contributed by atoms with E-state index in [1.165, 1.54) is 5.56 Å². The van der Waals surface area contributed by atoms with Crippen molar-refractivity contribution in [3.8, 4) is 0 Å². The molecule has 1 aliphatic heterocycles. The fraction of sp³-hybridized carbons (Fsp3) is 0.438. The van der Waals surface area contributed by atoms with Gasteiger partial charge in [0.1, 0.15) is 12.2 Å². The zero-order valence-electron chi connectivity index (χ0n) is 13.1. The Bertz CT molecular complexity index is 633. The monoisotopic (exact) mass is 298 g/mol. The van der Waals surface area contributed by atoms with Crippen LogP contribution in [0.15, 0.2) is 41.7 Å². The minimum atomic E-state index is 0.578. The molecule has 1 aromatic heterocycles. The van der Waals surface area contributed by atoms with Crippen LogP contribution in [-0.2, 0) is 13.6 Å². The lowest BCUT2D eigenvalue weighted by molar-refractivity contribution is 0.483. The molecule has 0 spiro atoms. The Morgan fingerprint density at radius 1 is 1.36 bits per heavy atom. The Labute approximate surface area is 130 Å². The highest BCUT2D eigenvalue weighted by atomic mass is 15.3. The summed E-state index contributed by atoms with van der Waals surface area (Å²) in [5, 5.41) is 7.46. The van der Waals surface area contributed by atoms with E-state index in [9.17, 15) is 0 Å². The maximum atomic E-state index is 4.40. The van der Waals surface area contributed by atoms with Gasteiger partial charge in [-0.25, -0.2) is 4.98 Å². The van der Waals surface area contributed by atoms with Crippen LogP contribution in [0.1, 0.15) is 23.7 Å². The van der Waals surface area contributed by atoms with E-state index in [0.717, 1.165) is 31.3 Å². The molecule has 0 amide bonds. The second kappa shape index (κ2) is 6.60. The zero-order valence-corrected chi connectivity index (χ0v) is 13.1. The molecule has 1 unspecified atom stereocenters.